The lowest BCUT2D eigenvalue weighted by Gasteiger charge is -2.34. The van der Waals surface area contributed by atoms with E-state index in [0.717, 1.165) is 42.9 Å². The summed E-state index contributed by atoms with van der Waals surface area (Å²) >= 11 is 0. The van der Waals surface area contributed by atoms with Crippen LogP contribution in [0.4, 0.5) is 5.82 Å². The maximum Gasteiger partial charge on any atom is 0.145 e. The lowest BCUT2D eigenvalue weighted by Crippen LogP contribution is -2.44. The zero-order valence-corrected chi connectivity index (χ0v) is 12.2. The molecule has 0 saturated carbocycles. The quantitative estimate of drug-likeness (QED) is 0.879. The first-order chi connectivity index (χ1) is 10.4. The number of para-hydroxylation sites is 2. The third kappa shape index (κ3) is 3.49. The third-order valence-corrected chi connectivity index (χ3v) is 4.11. The van der Waals surface area contributed by atoms with E-state index < -0.39 is 0 Å². The van der Waals surface area contributed by atoms with Crippen LogP contribution in [0.5, 0.6) is 0 Å². The number of hydrogen-bond acceptors (Lipinski definition) is 5. The van der Waals surface area contributed by atoms with Crippen molar-refractivity contribution < 1.29 is 5.11 Å². The highest BCUT2D eigenvalue weighted by atomic mass is 16.3. The zero-order valence-electron chi connectivity index (χ0n) is 12.2. The van der Waals surface area contributed by atoms with Gasteiger partial charge in [-0.15, -0.1) is 0 Å². The molecule has 1 saturated heterocycles. The van der Waals surface area contributed by atoms with Crippen molar-refractivity contribution in [1.82, 2.24) is 14.9 Å². The standard InChI is InChI=1S/C16H22N4O/c21-12-13-5-3-4-9-20(13)10-8-17-16-11-18-14-6-1-2-7-15(14)19-16/h1-2,6-7,11,13,21H,3-5,8-10,12H2,(H,17,19)/t13-/m1/s1. The van der Waals surface area contributed by atoms with Crippen LogP contribution in [0.2, 0.25) is 0 Å². The number of aliphatic hydroxyl groups excluding tert-OH is 1. The summed E-state index contributed by atoms with van der Waals surface area (Å²) in [4.78, 5) is 11.3. The van der Waals surface area contributed by atoms with Crippen LogP contribution in [0.15, 0.2) is 30.5 Å². The van der Waals surface area contributed by atoms with Gasteiger partial charge in [-0.2, -0.15) is 0 Å². The number of benzene rings is 1. The molecule has 0 radical (unpaired) electrons. The van der Waals surface area contributed by atoms with Crippen molar-refractivity contribution in [3.63, 3.8) is 0 Å². The number of anilines is 1. The maximum atomic E-state index is 9.41. The van der Waals surface area contributed by atoms with E-state index in [1.807, 2.05) is 24.3 Å². The molecule has 1 aromatic heterocycles. The molecule has 5 heteroatoms. The number of aliphatic hydroxyl groups is 1. The highest BCUT2D eigenvalue weighted by molar-refractivity contribution is 5.75. The molecule has 1 aliphatic heterocycles. The number of fused-ring (bicyclic) bond motifs is 1. The predicted molar refractivity (Wildman–Crippen MR) is 84.3 cm³/mol. The van der Waals surface area contributed by atoms with Gasteiger partial charge in [0, 0.05) is 19.1 Å². The van der Waals surface area contributed by atoms with Crippen LogP contribution in [0.3, 0.4) is 0 Å². The Balaban J connectivity index is 1.56. The molecule has 0 aliphatic carbocycles. The first-order valence-electron chi connectivity index (χ1n) is 7.67. The highest BCUT2D eigenvalue weighted by Gasteiger charge is 2.20. The minimum atomic E-state index is 0.260. The van der Waals surface area contributed by atoms with Gasteiger partial charge in [-0.1, -0.05) is 18.6 Å². The number of hydrogen-bond donors (Lipinski definition) is 2. The molecule has 112 valence electrons. The lowest BCUT2D eigenvalue weighted by atomic mass is 10.0. The van der Waals surface area contributed by atoms with E-state index in [4.69, 9.17) is 0 Å². The normalized spacial score (nSPS) is 19.8. The molecule has 1 aliphatic rings. The van der Waals surface area contributed by atoms with Gasteiger partial charge in [0.05, 0.1) is 23.8 Å². The molecule has 0 unspecified atom stereocenters. The Bertz CT molecular complexity index is 589. The van der Waals surface area contributed by atoms with Gasteiger partial charge in [0.15, 0.2) is 0 Å². The van der Waals surface area contributed by atoms with Gasteiger partial charge in [-0.3, -0.25) is 9.88 Å². The van der Waals surface area contributed by atoms with Crippen LogP contribution < -0.4 is 5.32 Å². The largest absolute Gasteiger partial charge is 0.395 e. The smallest absolute Gasteiger partial charge is 0.145 e. The van der Waals surface area contributed by atoms with Gasteiger partial charge in [0.25, 0.3) is 0 Å². The average molecular weight is 286 g/mol. The van der Waals surface area contributed by atoms with E-state index in [1.54, 1.807) is 6.20 Å². The maximum absolute atomic E-state index is 9.41. The van der Waals surface area contributed by atoms with Crippen LogP contribution in [0, 0.1) is 0 Å². The van der Waals surface area contributed by atoms with Gasteiger partial charge in [-0.25, -0.2) is 4.98 Å². The van der Waals surface area contributed by atoms with Crippen molar-refractivity contribution in [3.05, 3.63) is 30.5 Å². The molecular formula is C16H22N4O. The number of rotatable bonds is 5. The molecule has 3 rings (SSSR count). The second kappa shape index (κ2) is 6.83. The summed E-state index contributed by atoms with van der Waals surface area (Å²) in [7, 11) is 0. The minimum Gasteiger partial charge on any atom is -0.395 e. The van der Waals surface area contributed by atoms with Crippen LogP contribution in [-0.4, -0.2) is 52.3 Å². The number of aromatic nitrogens is 2. The number of nitrogens with one attached hydrogen (secondary N) is 1. The number of piperidine rings is 1. The predicted octanol–water partition coefficient (Wildman–Crippen LogP) is 1.89. The topological polar surface area (TPSA) is 61.3 Å². The van der Waals surface area contributed by atoms with E-state index in [-0.39, 0.29) is 6.61 Å². The summed E-state index contributed by atoms with van der Waals surface area (Å²) in [5, 5.41) is 12.7. The van der Waals surface area contributed by atoms with E-state index >= 15 is 0 Å². The third-order valence-electron chi connectivity index (χ3n) is 4.11. The summed E-state index contributed by atoms with van der Waals surface area (Å²) < 4.78 is 0. The fraction of sp³-hybridized carbons (Fsp3) is 0.500. The Morgan fingerprint density at radius 1 is 1.24 bits per heavy atom. The van der Waals surface area contributed by atoms with Gasteiger partial charge < -0.3 is 10.4 Å². The molecule has 0 bridgehead atoms. The monoisotopic (exact) mass is 286 g/mol. The molecule has 1 aromatic carbocycles. The first kappa shape index (κ1) is 14.2. The van der Waals surface area contributed by atoms with Gasteiger partial charge in [0.1, 0.15) is 5.82 Å². The zero-order chi connectivity index (χ0) is 14.5. The van der Waals surface area contributed by atoms with Crippen LogP contribution in [0.1, 0.15) is 19.3 Å². The van der Waals surface area contributed by atoms with Crippen molar-refractivity contribution in [2.75, 3.05) is 31.6 Å². The number of likely N-dealkylation sites (tertiary alicyclic amines) is 1. The van der Waals surface area contributed by atoms with Crippen molar-refractivity contribution in [1.29, 1.82) is 0 Å². The van der Waals surface area contributed by atoms with E-state index in [9.17, 15) is 5.11 Å². The Hall–Kier alpha value is -1.72. The molecule has 0 spiro atoms. The van der Waals surface area contributed by atoms with Gasteiger partial charge in [0.2, 0.25) is 0 Å². The summed E-state index contributed by atoms with van der Waals surface area (Å²) in [6.07, 6.45) is 5.34. The molecule has 1 atom stereocenters. The molecule has 2 heterocycles. The molecule has 21 heavy (non-hydrogen) atoms. The molecule has 0 amide bonds. The minimum absolute atomic E-state index is 0.260. The van der Waals surface area contributed by atoms with E-state index in [1.165, 1.54) is 12.8 Å². The Kier molecular flexibility index (Phi) is 4.62. The van der Waals surface area contributed by atoms with E-state index in [0.29, 0.717) is 6.04 Å². The van der Waals surface area contributed by atoms with Gasteiger partial charge >= 0.3 is 0 Å². The average Bonchev–Trinajstić information content (AvgIpc) is 2.55. The fourth-order valence-electron chi connectivity index (χ4n) is 2.93. The van der Waals surface area contributed by atoms with Crippen LogP contribution in [0.25, 0.3) is 11.0 Å². The molecular weight excluding hydrogens is 264 g/mol. The molecule has 5 nitrogen and oxygen atoms in total. The Morgan fingerprint density at radius 3 is 2.95 bits per heavy atom. The molecule has 2 aromatic rings. The van der Waals surface area contributed by atoms with Crippen LogP contribution in [-0.2, 0) is 0 Å². The number of nitrogens with zero attached hydrogens (tertiary/aromatic N) is 3. The summed E-state index contributed by atoms with van der Waals surface area (Å²) in [6.45, 7) is 3.09. The van der Waals surface area contributed by atoms with Gasteiger partial charge in [-0.05, 0) is 31.5 Å². The van der Waals surface area contributed by atoms with Crippen molar-refractivity contribution in [2.24, 2.45) is 0 Å². The lowest BCUT2D eigenvalue weighted by molar-refractivity contribution is 0.0940. The molecule has 2 N–H and O–H groups in total. The summed E-state index contributed by atoms with van der Waals surface area (Å²) in [5.74, 6) is 0.811. The summed E-state index contributed by atoms with van der Waals surface area (Å²) in [6, 6.07) is 8.20. The second-order valence-corrected chi connectivity index (χ2v) is 5.54. The summed E-state index contributed by atoms with van der Waals surface area (Å²) in [5.41, 5.74) is 1.83. The first-order valence-corrected chi connectivity index (χ1v) is 7.67. The highest BCUT2D eigenvalue weighted by Crippen LogP contribution is 2.16. The van der Waals surface area contributed by atoms with Crippen molar-refractivity contribution >= 4 is 16.9 Å². The Morgan fingerprint density at radius 2 is 2.10 bits per heavy atom. The second-order valence-electron chi connectivity index (χ2n) is 5.54. The van der Waals surface area contributed by atoms with Crippen molar-refractivity contribution in [3.8, 4) is 0 Å². The Labute approximate surface area is 125 Å². The van der Waals surface area contributed by atoms with Crippen molar-refractivity contribution in [2.45, 2.75) is 25.3 Å². The van der Waals surface area contributed by atoms with Crippen LogP contribution >= 0.6 is 0 Å². The SMILES string of the molecule is OC[C@H]1CCCCN1CCNc1cnc2ccccc2n1. The fourth-order valence-corrected chi connectivity index (χ4v) is 2.93. The molecule has 1 fully saturated rings. The van der Waals surface area contributed by atoms with E-state index in [2.05, 4.69) is 20.2 Å².